The summed E-state index contributed by atoms with van der Waals surface area (Å²) < 4.78 is 97.7. The van der Waals surface area contributed by atoms with E-state index in [1.165, 1.54) is 0 Å². The summed E-state index contributed by atoms with van der Waals surface area (Å²) in [4.78, 5) is 0. The predicted octanol–water partition coefficient (Wildman–Crippen LogP) is 3.86. The summed E-state index contributed by atoms with van der Waals surface area (Å²) in [6.45, 7) is 0. The molecular formula is C16H10F5N3O4S. The lowest BCUT2D eigenvalue weighted by Crippen LogP contribution is -2.17. The number of aromatic nitrogens is 2. The zero-order valence-electron chi connectivity index (χ0n) is 14.1. The first-order valence-electron chi connectivity index (χ1n) is 7.65. The van der Waals surface area contributed by atoms with Crippen LogP contribution in [0, 0.1) is 11.6 Å². The lowest BCUT2D eigenvalue weighted by Gasteiger charge is -2.09. The summed E-state index contributed by atoms with van der Waals surface area (Å²) in [5.41, 5.74) is 0.189. The number of hydrogen-bond acceptors (Lipinski definition) is 6. The Morgan fingerprint density at radius 2 is 1.69 bits per heavy atom. The molecule has 7 nitrogen and oxygen atoms in total. The van der Waals surface area contributed by atoms with Gasteiger partial charge in [-0.15, -0.1) is 18.3 Å². The monoisotopic (exact) mass is 435 g/mol. The van der Waals surface area contributed by atoms with Crippen LogP contribution in [0.15, 0.2) is 46.9 Å². The topological polar surface area (TPSA) is 94.3 Å². The van der Waals surface area contributed by atoms with E-state index in [0.29, 0.717) is 0 Å². The van der Waals surface area contributed by atoms with Crippen LogP contribution in [0.3, 0.4) is 0 Å². The van der Waals surface area contributed by atoms with E-state index < -0.39 is 45.5 Å². The van der Waals surface area contributed by atoms with Gasteiger partial charge in [-0.1, -0.05) is 17.2 Å². The van der Waals surface area contributed by atoms with E-state index in [4.69, 9.17) is 4.42 Å². The van der Waals surface area contributed by atoms with Gasteiger partial charge in [0.25, 0.3) is 0 Å². The first-order chi connectivity index (χ1) is 13.5. The molecule has 0 saturated heterocycles. The van der Waals surface area contributed by atoms with Gasteiger partial charge in [0.05, 0.1) is 5.75 Å². The van der Waals surface area contributed by atoms with Gasteiger partial charge in [0.1, 0.15) is 5.75 Å². The zero-order valence-corrected chi connectivity index (χ0v) is 14.9. The minimum Gasteiger partial charge on any atom is -0.406 e. The third kappa shape index (κ3) is 5.63. The second-order valence-electron chi connectivity index (χ2n) is 5.59. The highest BCUT2D eigenvalue weighted by Gasteiger charge is 2.31. The molecule has 0 spiro atoms. The molecule has 154 valence electrons. The molecule has 1 aromatic heterocycles. The van der Waals surface area contributed by atoms with Crippen molar-refractivity contribution < 1.29 is 39.5 Å². The van der Waals surface area contributed by atoms with Crippen LogP contribution in [0.2, 0.25) is 0 Å². The summed E-state index contributed by atoms with van der Waals surface area (Å²) in [6.07, 6.45) is -4.86. The van der Waals surface area contributed by atoms with Gasteiger partial charge in [-0.3, -0.25) is 0 Å². The highest BCUT2D eigenvalue weighted by molar-refractivity contribution is 7.91. The molecule has 1 heterocycles. The molecule has 0 saturated carbocycles. The van der Waals surface area contributed by atoms with Crippen LogP contribution in [0.5, 0.6) is 5.75 Å². The van der Waals surface area contributed by atoms with Crippen molar-refractivity contribution in [3.63, 3.8) is 0 Å². The quantitative estimate of drug-likeness (QED) is 0.591. The van der Waals surface area contributed by atoms with Crippen molar-refractivity contribution in [2.24, 2.45) is 0 Å². The van der Waals surface area contributed by atoms with Crippen LogP contribution in [0.25, 0.3) is 11.5 Å². The Balaban J connectivity index is 1.68. The average molecular weight is 435 g/mol. The third-order valence-electron chi connectivity index (χ3n) is 3.35. The van der Waals surface area contributed by atoms with Gasteiger partial charge in [0.15, 0.2) is 11.6 Å². The maximum Gasteiger partial charge on any atom is 0.573 e. The number of rotatable bonds is 6. The summed E-state index contributed by atoms with van der Waals surface area (Å²) in [5.74, 6) is -3.60. The van der Waals surface area contributed by atoms with E-state index in [0.717, 1.165) is 42.5 Å². The lowest BCUT2D eigenvalue weighted by atomic mass is 10.2. The maximum atomic E-state index is 13.3. The fourth-order valence-electron chi connectivity index (χ4n) is 2.19. The maximum absolute atomic E-state index is 13.3. The van der Waals surface area contributed by atoms with Crippen molar-refractivity contribution in [2.75, 3.05) is 4.72 Å². The summed E-state index contributed by atoms with van der Waals surface area (Å²) in [7, 11) is -4.06. The first kappa shape index (κ1) is 20.5. The molecule has 1 N–H and O–H groups in total. The molecule has 3 rings (SSSR count). The van der Waals surface area contributed by atoms with Crippen LogP contribution < -0.4 is 9.46 Å². The number of nitrogens with zero attached hydrogens (tertiary/aromatic N) is 2. The largest absolute Gasteiger partial charge is 0.573 e. The van der Waals surface area contributed by atoms with Gasteiger partial charge in [0, 0.05) is 5.56 Å². The lowest BCUT2D eigenvalue weighted by molar-refractivity contribution is -0.274. The van der Waals surface area contributed by atoms with Crippen LogP contribution in [0.1, 0.15) is 5.56 Å². The zero-order chi connectivity index (χ0) is 21.2. The third-order valence-corrected chi connectivity index (χ3v) is 4.55. The molecular weight excluding hydrogens is 425 g/mol. The number of sulfonamides is 1. The van der Waals surface area contributed by atoms with Crippen molar-refractivity contribution in [2.45, 2.75) is 12.1 Å². The number of benzene rings is 2. The summed E-state index contributed by atoms with van der Waals surface area (Å²) >= 11 is 0. The fraction of sp³-hybridized carbons (Fsp3) is 0.125. The van der Waals surface area contributed by atoms with E-state index >= 15 is 0 Å². The Hall–Kier alpha value is -3.22. The van der Waals surface area contributed by atoms with Gasteiger partial charge >= 0.3 is 12.4 Å². The smallest absolute Gasteiger partial charge is 0.406 e. The SMILES string of the molecule is O=S(=O)(Cc1ccc(OC(F)(F)F)cc1)Nc1nnc(-c2ccc(F)c(F)c2)o1. The molecule has 0 atom stereocenters. The molecule has 3 aromatic rings. The average Bonchev–Trinajstić information content (AvgIpc) is 3.05. The van der Waals surface area contributed by atoms with Gasteiger partial charge in [-0.2, -0.15) is 0 Å². The van der Waals surface area contributed by atoms with Gasteiger partial charge in [-0.25, -0.2) is 21.9 Å². The van der Waals surface area contributed by atoms with Gasteiger partial charge < -0.3 is 9.15 Å². The molecule has 29 heavy (non-hydrogen) atoms. The summed E-state index contributed by atoms with van der Waals surface area (Å²) in [6, 6.07) is 6.48. The molecule has 0 radical (unpaired) electrons. The van der Waals surface area contributed by atoms with Crippen LogP contribution in [-0.2, 0) is 15.8 Å². The molecule has 0 bridgehead atoms. The standard InChI is InChI=1S/C16H10F5N3O4S/c17-12-6-3-10(7-13(12)18)14-22-23-15(27-14)24-29(25,26)8-9-1-4-11(5-2-9)28-16(19,20)21/h1-7H,8H2,(H,23,24). The van der Waals surface area contributed by atoms with E-state index in [9.17, 15) is 30.4 Å². The Morgan fingerprint density at radius 1 is 1.00 bits per heavy atom. The summed E-state index contributed by atoms with van der Waals surface area (Å²) in [5, 5.41) is 7.00. The van der Waals surface area contributed by atoms with Crippen molar-refractivity contribution in [1.82, 2.24) is 10.2 Å². The molecule has 0 amide bonds. The minimum absolute atomic E-state index is 0.0297. The van der Waals surface area contributed by atoms with Crippen molar-refractivity contribution in [1.29, 1.82) is 0 Å². The minimum atomic E-state index is -4.86. The molecule has 0 aliphatic rings. The number of ether oxygens (including phenoxy) is 1. The van der Waals surface area contributed by atoms with Crippen molar-refractivity contribution in [3.8, 4) is 17.2 Å². The molecule has 0 aliphatic carbocycles. The van der Waals surface area contributed by atoms with Crippen LogP contribution >= 0.6 is 0 Å². The second kappa shape index (κ2) is 7.66. The molecule has 13 heteroatoms. The predicted molar refractivity (Wildman–Crippen MR) is 89.0 cm³/mol. The molecule has 0 fully saturated rings. The van der Waals surface area contributed by atoms with Gasteiger partial charge in [0.2, 0.25) is 15.9 Å². The Labute approximate surface area is 160 Å². The number of hydrogen-bond donors (Lipinski definition) is 1. The normalized spacial score (nSPS) is 12.0. The Kier molecular flexibility index (Phi) is 5.42. The van der Waals surface area contributed by atoms with Crippen molar-refractivity contribution in [3.05, 3.63) is 59.7 Å². The van der Waals surface area contributed by atoms with E-state index in [1.54, 1.807) is 0 Å². The number of halogens is 5. The highest BCUT2D eigenvalue weighted by Crippen LogP contribution is 2.24. The van der Waals surface area contributed by atoms with Crippen LogP contribution in [-0.4, -0.2) is 25.0 Å². The van der Waals surface area contributed by atoms with Crippen molar-refractivity contribution >= 4 is 16.0 Å². The Bertz CT molecular complexity index is 1110. The molecule has 2 aromatic carbocycles. The first-order valence-corrected chi connectivity index (χ1v) is 9.30. The fourth-order valence-corrected chi connectivity index (χ4v) is 3.24. The van der Waals surface area contributed by atoms with E-state index in [-0.39, 0.29) is 17.0 Å². The van der Waals surface area contributed by atoms with E-state index in [2.05, 4.69) is 14.9 Å². The number of nitrogens with one attached hydrogen (secondary N) is 1. The second-order valence-corrected chi connectivity index (χ2v) is 7.32. The van der Waals surface area contributed by atoms with Gasteiger partial charge in [-0.05, 0) is 35.9 Å². The molecule has 0 unspecified atom stereocenters. The Morgan fingerprint density at radius 3 is 2.31 bits per heavy atom. The van der Waals surface area contributed by atoms with E-state index in [1.807, 2.05) is 4.72 Å². The van der Waals surface area contributed by atoms with Crippen LogP contribution in [0.4, 0.5) is 28.0 Å². The molecule has 0 aliphatic heterocycles. The highest BCUT2D eigenvalue weighted by atomic mass is 32.2. The number of anilines is 1. The number of alkyl halides is 3.